The van der Waals surface area contributed by atoms with Crippen molar-refractivity contribution in [1.29, 1.82) is 0 Å². The maximum Gasteiger partial charge on any atom is 0.159 e. The Morgan fingerprint density at radius 1 is 0.938 bits per heavy atom. The van der Waals surface area contributed by atoms with Gasteiger partial charge in [0.05, 0.1) is 5.02 Å². The zero-order valence-corrected chi connectivity index (χ0v) is 9.98. The van der Waals surface area contributed by atoms with E-state index in [0.29, 0.717) is 11.1 Å². The van der Waals surface area contributed by atoms with E-state index in [1.807, 2.05) is 0 Å². The molecule has 2 aromatic rings. The van der Waals surface area contributed by atoms with Crippen molar-refractivity contribution in [3.05, 3.63) is 45.4 Å². The van der Waals surface area contributed by atoms with E-state index in [2.05, 4.69) is 10.2 Å². The zero-order chi connectivity index (χ0) is 11.7. The van der Waals surface area contributed by atoms with E-state index in [4.69, 9.17) is 34.8 Å². The van der Waals surface area contributed by atoms with Crippen molar-refractivity contribution in [2.24, 2.45) is 0 Å². The van der Waals surface area contributed by atoms with Crippen LogP contribution in [0.5, 0.6) is 0 Å². The van der Waals surface area contributed by atoms with Crippen LogP contribution >= 0.6 is 34.8 Å². The predicted octanol–water partition coefficient (Wildman–Crippen LogP) is 4.24. The lowest BCUT2D eigenvalue weighted by atomic mass is 10.1. The molecule has 6 heteroatoms. The van der Waals surface area contributed by atoms with E-state index < -0.39 is 5.82 Å². The molecular weight excluding hydrogens is 273 g/mol. The Morgan fingerprint density at radius 3 is 2.38 bits per heavy atom. The van der Waals surface area contributed by atoms with E-state index in [1.165, 1.54) is 24.3 Å². The lowest BCUT2D eigenvalue weighted by Crippen LogP contribution is -1.89. The molecule has 2 nitrogen and oxygen atoms in total. The Kier molecular flexibility index (Phi) is 3.28. The SMILES string of the molecule is Fc1ccc(-c2cc(Cl)nnc2Cl)c(Cl)c1. The van der Waals surface area contributed by atoms with Gasteiger partial charge >= 0.3 is 0 Å². The molecule has 0 radical (unpaired) electrons. The van der Waals surface area contributed by atoms with Crippen molar-refractivity contribution in [2.45, 2.75) is 0 Å². The molecule has 0 aliphatic heterocycles. The predicted molar refractivity (Wildman–Crippen MR) is 62.5 cm³/mol. The number of benzene rings is 1. The van der Waals surface area contributed by atoms with Gasteiger partial charge in [0.1, 0.15) is 5.82 Å². The summed E-state index contributed by atoms with van der Waals surface area (Å²) in [4.78, 5) is 0. The maximum atomic E-state index is 12.9. The molecule has 0 bridgehead atoms. The van der Waals surface area contributed by atoms with Crippen molar-refractivity contribution >= 4 is 34.8 Å². The minimum Gasteiger partial charge on any atom is -0.207 e. The molecule has 0 saturated heterocycles. The van der Waals surface area contributed by atoms with Crippen LogP contribution in [0.2, 0.25) is 15.3 Å². The van der Waals surface area contributed by atoms with Crippen LogP contribution in [0.25, 0.3) is 11.1 Å². The van der Waals surface area contributed by atoms with Crippen LogP contribution in [0.15, 0.2) is 24.3 Å². The molecule has 0 aliphatic carbocycles. The van der Waals surface area contributed by atoms with Gasteiger partial charge in [0.2, 0.25) is 0 Å². The molecular formula is C10H4Cl3FN2. The van der Waals surface area contributed by atoms with Gasteiger partial charge in [-0.05, 0) is 24.3 Å². The molecule has 2 rings (SSSR count). The van der Waals surface area contributed by atoms with Crippen LogP contribution in [-0.4, -0.2) is 10.2 Å². The van der Waals surface area contributed by atoms with Crippen molar-refractivity contribution in [3.8, 4) is 11.1 Å². The number of aromatic nitrogens is 2. The number of hydrogen-bond acceptors (Lipinski definition) is 2. The highest BCUT2D eigenvalue weighted by atomic mass is 35.5. The van der Waals surface area contributed by atoms with Crippen LogP contribution in [-0.2, 0) is 0 Å². The second-order valence-electron chi connectivity index (χ2n) is 3.00. The summed E-state index contributed by atoms with van der Waals surface area (Å²) in [7, 11) is 0. The van der Waals surface area contributed by atoms with E-state index in [-0.39, 0.29) is 15.3 Å². The van der Waals surface area contributed by atoms with Crippen molar-refractivity contribution in [2.75, 3.05) is 0 Å². The minimum atomic E-state index is -0.419. The molecule has 0 saturated carbocycles. The highest BCUT2D eigenvalue weighted by Gasteiger charge is 2.11. The first-order valence-electron chi connectivity index (χ1n) is 4.22. The molecule has 0 atom stereocenters. The van der Waals surface area contributed by atoms with E-state index in [0.717, 1.165) is 0 Å². The lowest BCUT2D eigenvalue weighted by molar-refractivity contribution is 0.628. The summed E-state index contributed by atoms with van der Waals surface area (Å²) in [5, 5.41) is 7.83. The highest BCUT2D eigenvalue weighted by Crippen LogP contribution is 2.33. The topological polar surface area (TPSA) is 25.8 Å². The molecule has 0 N–H and O–H groups in total. The van der Waals surface area contributed by atoms with Gasteiger partial charge in [0, 0.05) is 11.1 Å². The first-order valence-corrected chi connectivity index (χ1v) is 5.35. The third kappa shape index (κ3) is 2.26. The van der Waals surface area contributed by atoms with E-state index >= 15 is 0 Å². The van der Waals surface area contributed by atoms with Crippen molar-refractivity contribution in [1.82, 2.24) is 10.2 Å². The Balaban J connectivity index is 2.62. The second-order valence-corrected chi connectivity index (χ2v) is 4.15. The summed E-state index contributed by atoms with van der Waals surface area (Å²) < 4.78 is 12.9. The smallest absolute Gasteiger partial charge is 0.159 e. The second kappa shape index (κ2) is 4.53. The van der Waals surface area contributed by atoms with Gasteiger partial charge in [0.15, 0.2) is 10.3 Å². The molecule has 82 valence electrons. The fourth-order valence-electron chi connectivity index (χ4n) is 1.25. The van der Waals surface area contributed by atoms with Gasteiger partial charge in [-0.2, -0.15) is 0 Å². The monoisotopic (exact) mass is 276 g/mol. The zero-order valence-electron chi connectivity index (χ0n) is 7.72. The number of hydrogen-bond donors (Lipinski definition) is 0. The Labute approximate surface area is 106 Å². The average molecular weight is 278 g/mol. The summed E-state index contributed by atoms with van der Waals surface area (Å²) in [5.74, 6) is -0.419. The lowest BCUT2D eigenvalue weighted by Gasteiger charge is -2.05. The van der Waals surface area contributed by atoms with Crippen LogP contribution < -0.4 is 0 Å². The van der Waals surface area contributed by atoms with Crippen LogP contribution in [0.3, 0.4) is 0 Å². The highest BCUT2D eigenvalue weighted by molar-refractivity contribution is 6.36. The summed E-state index contributed by atoms with van der Waals surface area (Å²) >= 11 is 17.5. The molecule has 0 unspecified atom stereocenters. The fraction of sp³-hybridized carbons (Fsp3) is 0. The van der Waals surface area contributed by atoms with Crippen LogP contribution in [0.4, 0.5) is 4.39 Å². The molecule has 1 aromatic carbocycles. The van der Waals surface area contributed by atoms with Gasteiger partial charge in [-0.15, -0.1) is 10.2 Å². The van der Waals surface area contributed by atoms with Gasteiger partial charge in [0.25, 0.3) is 0 Å². The molecule has 0 spiro atoms. The maximum absolute atomic E-state index is 12.9. The largest absolute Gasteiger partial charge is 0.207 e. The third-order valence-corrected chi connectivity index (χ3v) is 2.72. The molecule has 0 amide bonds. The van der Waals surface area contributed by atoms with Gasteiger partial charge < -0.3 is 0 Å². The Morgan fingerprint density at radius 2 is 1.69 bits per heavy atom. The van der Waals surface area contributed by atoms with Crippen LogP contribution in [0.1, 0.15) is 0 Å². The number of halogens is 4. The van der Waals surface area contributed by atoms with Gasteiger partial charge in [-0.3, -0.25) is 0 Å². The molecule has 1 heterocycles. The van der Waals surface area contributed by atoms with E-state index in [1.54, 1.807) is 0 Å². The minimum absolute atomic E-state index is 0.165. The summed E-state index contributed by atoms with van der Waals surface area (Å²) in [5.41, 5.74) is 1.08. The van der Waals surface area contributed by atoms with Crippen LogP contribution in [0, 0.1) is 5.82 Å². The summed E-state index contributed by atoms with van der Waals surface area (Å²) in [6, 6.07) is 5.51. The molecule has 0 fully saturated rings. The third-order valence-electron chi connectivity index (χ3n) is 1.94. The summed E-state index contributed by atoms with van der Waals surface area (Å²) in [6.07, 6.45) is 0. The normalized spacial score (nSPS) is 10.5. The fourth-order valence-corrected chi connectivity index (χ4v) is 1.86. The molecule has 0 aliphatic rings. The first-order chi connectivity index (χ1) is 7.58. The van der Waals surface area contributed by atoms with Crippen molar-refractivity contribution < 1.29 is 4.39 Å². The molecule has 16 heavy (non-hydrogen) atoms. The standard InChI is InChI=1S/C10H4Cl3FN2/c11-8-3-5(14)1-2-6(8)7-4-9(12)15-16-10(7)13/h1-4H. The Bertz CT molecular complexity index is 546. The number of rotatable bonds is 1. The quantitative estimate of drug-likeness (QED) is 0.779. The summed E-state index contributed by atoms with van der Waals surface area (Å²) in [6.45, 7) is 0. The van der Waals surface area contributed by atoms with Gasteiger partial charge in [-0.25, -0.2) is 4.39 Å². The average Bonchev–Trinajstić information content (AvgIpc) is 2.22. The van der Waals surface area contributed by atoms with Gasteiger partial charge in [-0.1, -0.05) is 34.8 Å². The van der Waals surface area contributed by atoms with Crippen molar-refractivity contribution in [3.63, 3.8) is 0 Å². The Hall–Kier alpha value is -0.900. The first kappa shape index (κ1) is 11.6. The van der Waals surface area contributed by atoms with E-state index in [9.17, 15) is 4.39 Å². The number of nitrogens with zero attached hydrogens (tertiary/aromatic N) is 2. The molecule has 1 aromatic heterocycles.